The van der Waals surface area contributed by atoms with E-state index in [-0.39, 0.29) is 6.61 Å². The lowest BCUT2D eigenvalue weighted by atomic mass is 9.82. The Morgan fingerprint density at radius 3 is 2.42 bits per heavy atom. The van der Waals surface area contributed by atoms with Gasteiger partial charge in [0.2, 0.25) is 0 Å². The zero-order chi connectivity index (χ0) is 16.4. The molecule has 2 aliphatic heterocycles. The van der Waals surface area contributed by atoms with E-state index in [1.165, 1.54) is 36.0 Å². The normalized spacial score (nSPS) is 23.8. The molecule has 0 aromatic heterocycles. The van der Waals surface area contributed by atoms with Gasteiger partial charge in [-0.25, -0.2) is 0 Å². The lowest BCUT2D eigenvalue weighted by Crippen LogP contribution is -2.47. The average molecular weight is 319 g/mol. The third kappa shape index (κ3) is 3.17. The van der Waals surface area contributed by atoms with E-state index in [0.29, 0.717) is 12.1 Å². The lowest BCUT2D eigenvalue weighted by molar-refractivity contribution is 0.0951. The molecule has 1 saturated heterocycles. The minimum atomic E-state index is 0.120. The maximum absolute atomic E-state index is 9.22. The van der Waals surface area contributed by atoms with Crippen molar-refractivity contribution < 1.29 is 5.11 Å². The molecule has 0 saturated carbocycles. The molecule has 0 amide bonds. The summed E-state index contributed by atoms with van der Waals surface area (Å²) in [5.41, 5.74) is 5.21. The first kappa shape index (κ1) is 15.6. The van der Waals surface area contributed by atoms with E-state index in [2.05, 4.69) is 53.4 Å². The molecule has 2 atom stereocenters. The summed E-state index contributed by atoms with van der Waals surface area (Å²) in [6.07, 6.45) is 7.54. The van der Waals surface area contributed by atoms with Gasteiger partial charge in [0.25, 0.3) is 0 Å². The van der Waals surface area contributed by atoms with Crippen molar-refractivity contribution in [3.8, 4) is 0 Å². The van der Waals surface area contributed by atoms with Gasteiger partial charge in [-0.2, -0.15) is 0 Å². The minimum Gasteiger partial charge on any atom is -0.392 e. The summed E-state index contributed by atoms with van der Waals surface area (Å²) in [7, 11) is 0. The number of piperidine rings is 1. The van der Waals surface area contributed by atoms with Gasteiger partial charge < -0.3 is 5.11 Å². The van der Waals surface area contributed by atoms with Crippen LogP contribution in [0, 0.1) is 0 Å². The number of aliphatic hydroxyl groups is 1. The molecule has 2 heteroatoms. The van der Waals surface area contributed by atoms with Crippen molar-refractivity contribution in [2.24, 2.45) is 0 Å². The van der Waals surface area contributed by atoms with Gasteiger partial charge in [0, 0.05) is 18.6 Å². The molecule has 1 fully saturated rings. The van der Waals surface area contributed by atoms with Crippen molar-refractivity contribution in [3.05, 3.63) is 77.4 Å². The Bertz CT molecular complexity index is 705. The second-order valence-corrected chi connectivity index (χ2v) is 7.06. The van der Waals surface area contributed by atoms with E-state index in [4.69, 9.17) is 0 Å². The Hall–Kier alpha value is -1.90. The molecule has 124 valence electrons. The van der Waals surface area contributed by atoms with Crippen molar-refractivity contribution in [1.82, 2.24) is 4.90 Å². The number of benzene rings is 2. The van der Waals surface area contributed by atoms with E-state index in [9.17, 15) is 5.11 Å². The van der Waals surface area contributed by atoms with Gasteiger partial charge in [0.15, 0.2) is 0 Å². The fourth-order valence-corrected chi connectivity index (χ4v) is 4.20. The van der Waals surface area contributed by atoms with E-state index < -0.39 is 0 Å². The second kappa shape index (κ2) is 6.92. The van der Waals surface area contributed by atoms with Crippen LogP contribution in [0.1, 0.15) is 42.4 Å². The molecule has 4 rings (SSSR count). The fourth-order valence-electron chi connectivity index (χ4n) is 4.20. The van der Waals surface area contributed by atoms with Gasteiger partial charge in [-0.1, -0.05) is 67.1 Å². The number of hydrogen-bond acceptors (Lipinski definition) is 2. The molecule has 2 aliphatic rings. The van der Waals surface area contributed by atoms with Gasteiger partial charge in [-0.3, -0.25) is 4.90 Å². The van der Waals surface area contributed by atoms with Crippen LogP contribution < -0.4 is 0 Å². The number of hydrogen-bond donors (Lipinski definition) is 1. The van der Waals surface area contributed by atoms with Crippen molar-refractivity contribution in [2.45, 2.75) is 50.9 Å². The van der Waals surface area contributed by atoms with Crippen LogP contribution in [0.4, 0.5) is 0 Å². The third-order valence-electron chi connectivity index (χ3n) is 5.50. The van der Waals surface area contributed by atoms with Crippen LogP contribution in [0.25, 0.3) is 5.57 Å². The Balaban J connectivity index is 1.57. The molecule has 0 aliphatic carbocycles. The zero-order valence-electron chi connectivity index (χ0n) is 14.1. The van der Waals surface area contributed by atoms with Crippen LogP contribution in [0.15, 0.2) is 60.7 Å². The molecule has 2 aromatic carbocycles. The largest absolute Gasteiger partial charge is 0.392 e. The van der Waals surface area contributed by atoms with Crippen LogP contribution >= 0.6 is 0 Å². The topological polar surface area (TPSA) is 23.5 Å². The average Bonchev–Trinajstić information content (AvgIpc) is 2.62. The van der Waals surface area contributed by atoms with E-state index >= 15 is 0 Å². The highest BCUT2D eigenvalue weighted by molar-refractivity contribution is 5.68. The summed E-state index contributed by atoms with van der Waals surface area (Å²) in [6, 6.07) is 20.5. The maximum atomic E-state index is 9.22. The Morgan fingerprint density at radius 1 is 0.917 bits per heavy atom. The smallest absolute Gasteiger partial charge is 0.0681 e. The van der Waals surface area contributed by atoms with Crippen molar-refractivity contribution in [3.63, 3.8) is 0 Å². The molecule has 2 nitrogen and oxygen atoms in total. The van der Waals surface area contributed by atoms with Crippen LogP contribution in [0.5, 0.6) is 0 Å². The highest BCUT2D eigenvalue weighted by atomic mass is 16.3. The SMILES string of the molecule is OCc1ccc(C2=CC3CCCC(C2)N3Cc2ccccc2)cc1. The molecule has 2 aromatic rings. The molecule has 24 heavy (non-hydrogen) atoms. The maximum Gasteiger partial charge on any atom is 0.0681 e. The van der Waals surface area contributed by atoms with Gasteiger partial charge in [-0.15, -0.1) is 0 Å². The van der Waals surface area contributed by atoms with Crippen molar-refractivity contribution >= 4 is 5.57 Å². The Labute approximate surface area is 144 Å². The summed E-state index contributed by atoms with van der Waals surface area (Å²) in [5.74, 6) is 0. The molecule has 2 heterocycles. The first-order valence-electron chi connectivity index (χ1n) is 9.04. The number of rotatable bonds is 4. The zero-order valence-corrected chi connectivity index (χ0v) is 14.1. The molecular weight excluding hydrogens is 294 g/mol. The molecule has 2 bridgehead atoms. The number of fused-ring (bicyclic) bond motifs is 2. The van der Waals surface area contributed by atoms with Gasteiger partial charge in [-0.05, 0) is 41.5 Å². The predicted molar refractivity (Wildman–Crippen MR) is 98.4 cm³/mol. The summed E-state index contributed by atoms with van der Waals surface area (Å²) in [4.78, 5) is 2.70. The van der Waals surface area contributed by atoms with Crippen LogP contribution in [-0.2, 0) is 13.2 Å². The third-order valence-corrected chi connectivity index (χ3v) is 5.50. The summed E-state index contributed by atoms with van der Waals surface area (Å²) in [5, 5.41) is 9.22. The summed E-state index contributed by atoms with van der Waals surface area (Å²) in [6.45, 7) is 1.18. The molecule has 0 radical (unpaired) electrons. The van der Waals surface area contributed by atoms with Gasteiger partial charge in [0.1, 0.15) is 0 Å². The molecule has 2 unspecified atom stereocenters. The number of nitrogens with zero attached hydrogens (tertiary/aromatic N) is 1. The first-order valence-corrected chi connectivity index (χ1v) is 9.04. The van der Waals surface area contributed by atoms with Gasteiger partial charge in [0.05, 0.1) is 6.61 Å². The van der Waals surface area contributed by atoms with Crippen molar-refractivity contribution in [1.29, 1.82) is 0 Å². The summed E-state index contributed by atoms with van der Waals surface area (Å²) < 4.78 is 0. The Kier molecular flexibility index (Phi) is 4.50. The minimum absolute atomic E-state index is 0.120. The lowest BCUT2D eigenvalue weighted by Gasteiger charge is -2.45. The van der Waals surface area contributed by atoms with Crippen LogP contribution in [-0.4, -0.2) is 22.1 Å². The first-order chi connectivity index (χ1) is 11.8. The van der Waals surface area contributed by atoms with E-state index in [1.54, 1.807) is 0 Å². The van der Waals surface area contributed by atoms with E-state index in [0.717, 1.165) is 18.5 Å². The molecule has 0 spiro atoms. The van der Waals surface area contributed by atoms with Crippen LogP contribution in [0.2, 0.25) is 0 Å². The predicted octanol–water partition coefficient (Wildman–Crippen LogP) is 4.39. The molecule has 1 N–H and O–H groups in total. The standard InChI is InChI=1S/C22H25NO/c24-16-18-9-11-19(12-10-18)20-13-21-7-4-8-22(14-20)23(21)15-17-5-2-1-3-6-17/h1-3,5-6,9-13,21-22,24H,4,7-8,14-16H2. The van der Waals surface area contributed by atoms with Gasteiger partial charge >= 0.3 is 0 Å². The van der Waals surface area contributed by atoms with Crippen molar-refractivity contribution in [2.75, 3.05) is 0 Å². The number of aliphatic hydroxyl groups excluding tert-OH is 1. The highest BCUT2D eigenvalue weighted by Gasteiger charge is 2.33. The monoisotopic (exact) mass is 319 g/mol. The second-order valence-electron chi connectivity index (χ2n) is 7.06. The summed E-state index contributed by atoms with van der Waals surface area (Å²) >= 11 is 0. The Morgan fingerprint density at radius 2 is 1.71 bits per heavy atom. The fraction of sp³-hybridized carbons (Fsp3) is 0.364. The van der Waals surface area contributed by atoms with E-state index in [1.807, 2.05) is 12.1 Å². The quantitative estimate of drug-likeness (QED) is 0.903. The van der Waals surface area contributed by atoms with Crippen LogP contribution in [0.3, 0.4) is 0 Å². The highest BCUT2D eigenvalue weighted by Crippen LogP contribution is 2.37. The molecular formula is C22H25NO.